The second-order valence-electron chi connectivity index (χ2n) is 9.98. The van der Waals surface area contributed by atoms with E-state index >= 15 is 0 Å². The quantitative estimate of drug-likeness (QED) is 0.0799. The van der Waals surface area contributed by atoms with Gasteiger partial charge in [0.25, 0.3) is 11.4 Å². The molecule has 0 unspecified atom stereocenters. The third kappa shape index (κ3) is 8.45. The maximum Gasteiger partial charge on any atom is 0.270 e. The summed E-state index contributed by atoms with van der Waals surface area (Å²) in [6, 6.07) is 23.8. The number of fused-ring (bicyclic) bond motifs is 3. The normalized spacial score (nSPS) is 16.2. The van der Waals surface area contributed by atoms with Gasteiger partial charge in [-0.15, -0.1) is 13.2 Å². The summed E-state index contributed by atoms with van der Waals surface area (Å²) in [5.41, 5.74) is 4.35. The molecule has 52 heavy (non-hydrogen) atoms. The van der Waals surface area contributed by atoms with E-state index in [1.807, 2.05) is 30.3 Å². The molecule has 3 aliphatic rings. The molecule has 0 bridgehead atoms. The predicted molar refractivity (Wildman–Crippen MR) is 208 cm³/mol. The van der Waals surface area contributed by atoms with E-state index in [0.29, 0.717) is 5.56 Å². The Labute approximate surface area is 307 Å². The first-order valence-electron chi connectivity index (χ1n) is 14.4. The molecule has 3 aromatic rings. The van der Waals surface area contributed by atoms with Crippen LogP contribution >= 0.6 is 0 Å². The molecule has 0 aromatic heterocycles. The lowest BCUT2D eigenvalue weighted by molar-refractivity contribution is 0.104. The largest absolute Gasteiger partial charge is 0.288 e. The van der Waals surface area contributed by atoms with Crippen molar-refractivity contribution in [2.75, 3.05) is 0 Å². The SMILES string of the molecule is C.C=C.C=C1C(=O)c2ccccc2S1(=O)=O.C=CC=C.[2HH].[C-]#[N+]/C(C#N)=C1\C(=C)Cc2ccccc21.[C-]#[N+]/C(C#N)=C1\C(=C)S(=O)(=O)c2ccccc21. The number of sulfone groups is 2. The van der Waals surface area contributed by atoms with E-state index in [9.17, 15) is 21.6 Å². The lowest BCUT2D eigenvalue weighted by Crippen LogP contribution is -1.99. The Hall–Kier alpha value is -6.89. The van der Waals surface area contributed by atoms with Gasteiger partial charge in [0.2, 0.25) is 25.5 Å². The fraction of sp³-hybridized carbons (Fsp3) is 0.0488. The van der Waals surface area contributed by atoms with Crippen LogP contribution in [0.4, 0.5) is 0 Å². The van der Waals surface area contributed by atoms with Gasteiger partial charge in [-0.05, 0) is 41.3 Å². The van der Waals surface area contributed by atoms with Crippen molar-refractivity contribution < 1.29 is 23.1 Å². The summed E-state index contributed by atoms with van der Waals surface area (Å²) < 4.78 is 46.9. The minimum atomic E-state index is -3.65. The summed E-state index contributed by atoms with van der Waals surface area (Å²) in [7, 11) is -7.22. The summed E-state index contributed by atoms with van der Waals surface area (Å²) in [5.74, 6) is -0.490. The Kier molecular flexibility index (Phi) is 15.6. The number of rotatable bonds is 1. The zero-order valence-electron chi connectivity index (χ0n) is 27.4. The Morgan fingerprint density at radius 3 is 1.56 bits per heavy atom. The van der Waals surface area contributed by atoms with Crippen LogP contribution in [0.5, 0.6) is 0 Å². The number of benzene rings is 3. The van der Waals surface area contributed by atoms with Gasteiger partial charge in [0.15, 0.2) is 0 Å². The Morgan fingerprint density at radius 2 is 1.10 bits per heavy atom. The molecule has 11 heteroatoms. The van der Waals surface area contributed by atoms with Crippen LogP contribution in [0.15, 0.2) is 168 Å². The smallest absolute Gasteiger partial charge is 0.270 e. The van der Waals surface area contributed by atoms with Gasteiger partial charge >= 0.3 is 0 Å². The van der Waals surface area contributed by atoms with Crippen LogP contribution in [0.2, 0.25) is 0 Å². The molecule has 0 spiro atoms. The number of hydrogen-bond donors (Lipinski definition) is 0. The van der Waals surface area contributed by atoms with E-state index in [-0.39, 0.29) is 51.0 Å². The van der Waals surface area contributed by atoms with Crippen molar-refractivity contribution in [2.45, 2.75) is 23.6 Å². The summed E-state index contributed by atoms with van der Waals surface area (Å²) in [4.78, 5) is 17.3. The highest BCUT2D eigenvalue weighted by Gasteiger charge is 2.37. The van der Waals surface area contributed by atoms with Gasteiger partial charge in [-0.2, -0.15) is 0 Å². The number of nitriles is 2. The molecule has 0 saturated carbocycles. The molecule has 0 amide bonds. The molecule has 0 atom stereocenters. The van der Waals surface area contributed by atoms with Gasteiger partial charge in [-0.3, -0.25) is 4.79 Å². The molecule has 0 radical (unpaired) electrons. The van der Waals surface area contributed by atoms with Gasteiger partial charge in [0.05, 0.1) is 40.0 Å². The predicted octanol–water partition coefficient (Wildman–Crippen LogP) is 9.31. The number of hydrogen-bond acceptors (Lipinski definition) is 7. The van der Waals surface area contributed by atoms with E-state index in [1.165, 1.54) is 18.2 Å². The van der Waals surface area contributed by atoms with E-state index in [2.05, 4.69) is 55.7 Å². The maximum atomic E-state index is 12.0. The lowest BCUT2D eigenvalue weighted by atomic mass is 10.0. The minimum Gasteiger partial charge on any atom is -0.288 e. The molecule has 0 N–H and O–H groups in total. The first-order valence-corrected chi connectivity index (χ1v) is 17.4. The third-order valence-electron chi connectivity index (χ3n) is 7.17. The van der Waals surface area contributed by atoms with Crippen molar-refractivity contribution >= 4 is 36.6 Å². The summed E-state index contributed by atoms with van der Waals surface area (Å²) >= 11 is 0. The second-order valence-corrected chi connectivity index (χ2v) is 13.9. The summed E-state index contributed by atoms with van der Waals surface area (Å²) in [5, 5.41) is 17.7. The summed E-state index contributed by atoms with van der Waals surface area (Å²) in [6.07, 6.45) is 4.02. The molecule has 1 aliphatic carbocycles. The van der Waals surface area contributed by atoms with E-state index < -0.39 is 25.5 Å². The van der Waals surface area contributed by atoms with Crippen molar-refractivity contribution in [1.82, 2.24) is 0 Å². The fourth-order valence-electron chi connectivity index (χ4n) is 4.87. The zero-order chi connectivity index (χ0) is 38.5. The molecule has 3 aromatic carbocycles. The first kappa shape index (κ1) is 43.1. The average Bonchev–Trinajstić information content (AvgIpc) is 3.66. The van der Waals surface area contributed by atoms with Crippen molar-refractivity contribution in [3.05, 3.63) is 203 Å². The summed E-state index contributed by atoms with van der Waals surface area (Å²) in [6.45, 7) is 37.2. The topological polar surface area (TPSA) is 142 Å². The van der Waals surface area contributed by atoms with E-state index in [1.54, 1.807) is 48.6 Å². The van der Waals surface area contributed by atoms with Gasteiger partial charge in [-0.1, -0.05) is 113 Å². The molecule has 6 rings (SSSR count). The van der Waals surface area contributed by atoms with Gasteiger partial charge < -0.3 is 0 Å². The highest BCUT2D eigenvalue weighted by molar-refractivity contribution is 7.97. The highest BCUT2D eigenvalue weighted by atomic mass is 32.2. The standard InChI is InChI=1S/C13H8N2.C12H6N2O2S.C9H6O3S.C4H6.C2H4.CH4.H2/c1-9-7-10-5-3-4-6-11(10)13(9)12(8-14)15-2;1-8-12(10(7-13)14-2)9-5-3-4-6-11(9)17(8,15)16;1-6-9(10)7-4-2-3-5-8(7)13(6,11)12;1-3-4-2;1-2;;/h3-6H,1,7H2;3-6H,1H2;2-5H,1H2;3-4H,1-2H2;1-2H2;1H4;1H/b13-12+;12-10+;;;;;/i;;;;;;1+1. The first-order chi connectivity index (χ1) is 24.3. The van der Waals surface area contributed by atoms with Crippen molar-refractivity contribution in [3.8, 4) is 12.1 Å². The van der Waals surface area contributed by atoms with Crippen molar-refractivity contribution in [1.29, 1.82) is 10.5 Å². The van der Waals surface area contributed by atoms with Crippen molar-refractivity contribution in [3.63, 3.8) is 0 Å². The van der Waals surface area contributed by atoms with Crippen molar-refractivity contribution in [2.24, 2.45) is 0 Å². The van der Waals surface area contributed by atoms with Crippen LogP contribution in [0.3, 0.4) is 0 Å². The minimum absolute atomic E-state index is 0. The maximum absolute atomic E-state index is 12.0. The monoisotopic (exact) mass is 729 g/mol. The molecule has 2 heterocycles. The molecule has 2 aliphatic heterocycles. The number of carbonyl (C=O) groups is 1. The number of carbonyl (C=O) groups excluding carboxylic acids is 1. The van der Waals surface area contributed by atoms with E-state index in [0.717, 1.165) is 28.7 Å². The fourth-order valence-corrected chi connectivity index (χ4v) is 7.66. The number of Topliss-reactive ketones (excluding diaryl/α,β-unsaturated/α-hetero) is 1. The molecular formula is C41H36N4O5S2. The zero-order valence-corrected chi connectivity index (χ0v) is 29.0. The Bertz CT molecular complexity index is 2430. The molecule has 262 valence electrons. The second kappa shape index (κ2) is 18.8. The van der Waals surface area contributed by atoms with Crippen LogP contribution in [0.1, 0.15) is 35.9 Å². The van der Waals surface area contributed by atoms with Gasteiger partial charge in [-0.25, -0.2) is 37.0 Å². The van der Waals surface area contributed by atoms with E-state index in [4.69, 9.17) is 23.7 Å². The van der Waals surface area contributed by atoms with Gasteiger partial charge in [0.1, 0.15) is 4.91 Å². The average molecular weight is 730 g/mol. The molecule has 0 saturated heterocycles. The Balaban J connectivity index is 0.000000703. The molecule has 9 nitrogen and oxygen atoms in total. The lowest BCUT2D eigenvalue weighted by Gasteiger charge is -2.00. The molecule has 0 fully saturated rings. The van der Waals surface area contributed by atoms with Gasteiger partial charge in [0, 0.05) is 18.1 Å². The third-order valence-corrected chi connectivity index (χ3v) is 10.7. The van der Waals surface area contributed by atoms with Crippen LogP contribution in [-0.2, 0) is 26.1 Å². The Morgan fingerprint density at radius 1 is 0.692 bits per heavy atom. The number of allylic oxidation sites excluding steroid dienone is 8. The van der Waals surface area contributed by atoms with Crippen LogP contribution < -0.4 is 0 Å². The van der Waals surface area contributed by atoms with Crippen LogP contribution in [0, 0.1) is 35.8 Å². The van der Waals surface area contributed by atoms with Crippen LogP contribution in [-0.4, -0.2) is 22.6 Å². The highest BCUT2D eigenvalue weighted by Crippen LogP contribution is 2.43. The number of nitrogens with zero attached hydrogens (tertiary/aromatic N) is 4. The molecular weight excluding hydrogens is 693 g/mol. The number of ketones is 1. The van der Waals surface area contributed by atoms with Crippen LogP contribution in [0.25, 0.3) is 20.8 Å².